The van der Waals surface area contributed by atoms with Gasteiger partial charge in [-0.25, -0.2) is 9.78 Å². The Morgan fingerprint density at radius 2 is 2.05 bits per heavy atom. The molecule has 0 aliphatic heterocycles. The third kappa shape index (κ3) is 3.09. The molecule has 2 rings (SSSR count). The number of hydrogen-bond acceptors (Lipinski definition) is 3. The van der Waals surface area contributed by atoms with Crippen molar-refractivity contribution in [3.8, 4) is 0 Å². The Morgan fingerprint density at radius 3 is 2.74 bits per heavy atom. The van der Waals surface area contributed by atoms with Crippen molar-refractivity contribution in [3.63, 3.8) is 0 Å². The van der Waals surface area contributed by atoms with Gasteiger partial charge in [0.1, 0.15) is 0 Å². The molecule has 0 saturated carbocycles. The molecule has 0 N–H and O–H groups in total. The Balaban J connectivity index is 2.28. The van der Waals surface area contributed by atoms with Crippen molar-refractivity contribution < 1.29 is 4.79 Å². The van der Waals surface area contributed by atoms with Crippen molar-refractivity contribution in [2.24, 2.45) is 0 Å². The summed E-state index contributed by atoms with van der Waals surface area (Å²) >= 11 is 5.76. The number of halogens is 1. The molecule has 98 valence electrons. The number of carbonyl (C=O) groups excluding carboxylic acids is 1. The second-order valence-electron chi connectivity index (χ2n) is 4.40. The van der Waals surface area contributed by atoms with Gasteiger partial charge >= 0.3 is 5.69 Å². The van der Waals surface area contributed by atoms with Crippen LogP contribution in [0.15, 0.2) is 35.4 Å². The molecule has 0 aliphatic carbocycles. The van der Waals surface area contributed by atoms with Crippen molar-refractivity contribution in [1.82, 2.24) is 9.55 Å². The zero-order valence-corrected chi connectivity index (χ0v) is 11.4. The number of nitrogens with zero attached hydrogens (tertiary/aromatic N) is 2. The standard InChI is InChI=1S/C14H13ClN2O2/c1-9-3-4-11(5-10(9)2)13(18)8-17-7-12(15)6-16-14(17)19/h3-7H,8H2,1-2H3. The van der Waals surface area contributed by atoms with E-state index < -0.39 is 5.69 Å². The van der Waals surface area contributed by atoms with Gasteiger partial charge in [-0.1, -0.05) is 23.7 Å². The fraction of sp³-hybridized carbons (Fsp3) is 0.214. The Morgan fingerprint density at radius 1 is 1.32 bits per heavy atom. The number of benzene rings is 1. The summed E-state index contributed by atoms with van der Waals surface area (Å²) in [5, 5.41) is 0.326. The minimum atomic E-state index is -0.485. The fourth-order valence-corrected chi connectivity index (χ4v) is 1.87. The van der Waals surface area contributed by atoms with E-state index >= 15 is 0 Å². The van der Waals surface area contributed by atoms with Crippen LogP contribution in [0, 0.1) is 13.8 Å². The highest BCUT2D eigenvalue weighted by molar-refractivity contribution is 6.30. The predicted octanol–water partition coefficient (Wildman–Crippen LogP) is 2.40. The lowest BCUT2D eigenvalue weighted by Gasteiger charge is -2.06. The highest BCUT2D eigenvalue weighted by Crippen LogP contribution is 2.11. The SMILES string of the molecule is Cc1ccc(C(=O)Cn2cc(Cl)cnc2=O)cc1C. The predicted molar refractivity (Wildman–Crippen MR) is 73.8 cm³/mol. The van der Waals surface area contributed by atoms with Crippen LogP contribution in [0.3, 0.4) is 0 Å². The highest BCUT2D eigenvalue weighted by Gasteiger charge is 2.09. The van der Waals surface area contributed by atoms with Crippen LogP contribution in [0.25, 0.3) is 0 Å². The molecule has 0 bridgehead atoms. The summed E-state index contributed by atoms with van der Waals surface area (Å²) in [6.45, 7) is 3.86. The average molecular weight is 277 g/mol. The summed E-state index contributed by atoms with van der Waals surface area (Å²) in [7, 11) is 0. The quantitative estimate of drug-likeness (QED) is 0.809. The van der Waals surface area contributed by atoms with Gasteiger partial charge in [0.2, 0.25) is 0 Å². The first-order chi connectivity index (χ1) is 8.97. The molecular formula is C14H13ClN2O2. The summed E-state index contributed by atoms with van der Waals surface area (Å²) in [5.41, 5.74) is 2.26. The maximum absolute atomic E-state index is 12.1. The first kappa shape index (κ1) is 13.5. The number of rotatable bonds is 3. The molecule has 0 radical (unpaired) electrons. The van der Waals surface area contributed by atoms with Crippen molar-refractivity contribution in [1.29, 1.82) is 0 Å². The Hall–Kier alpha value is -1.94. The summed E-state index contributed by atoms with van der Waals surface area (Å²) in [4.78, 5) is 27.2. The summed E-state index contributed by atoms with van der Waals surface area (Å²) in [5.74, 6) is -0.144. The minimum Gasteiger partial charge on any atom is -0.292 e. The highest BCUT2D eigenvalue weighted by atomic mass is 35.5. The molecule has 1 aromatic heterocycles. The van der Waals surface area contributed by atoms with E-state index in [1.54, 1.807) is 6.07 Å². The monoisotopic (exact) mass is 276 g/mol. The molecule has 0 unspecified atom stereocenters. The van der Waals surface area contributed by atoms with Crippen molar-refractivity contribution in [2.45, 2.75) is 20.4 Å². The van der Waals surface area contributed by atoms with Crippen LogP contribution in [-0.2, 0) is 6.54 Å². The van der Waals surface area contributed by atoms with Crippen LogP contribution >= 0.6 is 11.6 Å². The second-order valence-corrected chi connectivity index (χ2v) is 4.84. The molecule has 2 aromatic rings. The number of hydrogen-bond donors (Lipinski definition) is 0. The maximum Gasteiger partial charge on any atom is 0.348 e. The van der Waals surface area contributed by atoms with E-state index in [9.17, 15) is 9.59 Å². The fourth-order valence-electron chi connectivity index (χ4n) is 1.70. The van der Waals surface area contributed by atoms with Crippen molar-refractivity contribution >= 4 is 17.4 Å². The van der Waals surface area contributed by atoms with E-state index in [-0.39, 0.29) is 12.3 Å². The van der Waals surface area contributed by atoms with E-state index in [0.717, 1.165) is 11.1 Å². The van der Waals surface area contributed by atoms with E-state index in [0.29, 0.717) is 10.6 Å². The average Bonchev–Trinajstić information content (AvgIpc) is 2.37. The van der Waals surface area contributed by atoms with Crippen LogP contribution in [-0.4, -0.2) is 15.3 Å². The number of ketones is 1. The molecular weight excluding hydrogens is 264 g/mol. The Bertz CT molecular complexity index is 692. The van der Waals surface area contributed by atoms with Gasteiger partial charge in [-0.15, -0.1) is 0 Å². The van der Waals surface area contributed by atoms with E-state index in [4.69, 9.17) is 11.6 Å². The molecule has 0 aliphatic rings. The molecule has 0 atom stereocenters. The Kier molecular flexibility index (Phi) is 3.81. The molecule has 0 saturated heterocycles. The van der Waals surface area contributed by atoms with Crippen LogP contribution in [0.4, 0.5) is 0 Å². The largest absolute Gasteiger partial charge is 0.348 e. The molecule has 5 heteroatoms. The van der Waals surface area contributed by atoms with Gasteiger partial charge in [-0.2, -0.15) is 0 Å². The smallest absolute Gasteiger partial charge is 0.292 e. The molecule has 0 fully saturated rings. The van der Waals surface area contributed by atoms with Crippen molar-refractivity contribution in [3.05, 3.63) is 62.8 Å². The van der Waals surface area contributed by atoms with Gasteiger partial charge in [-0.3, -0.25) is 9.36 Å². The lowest BCUT2D eigenvalue weighted by atomic mass is 10.0. The van der Waals surface area contributed by atoms with Crippen LogP contribution in [0.1, 0.15) is 21.5 Å². The topological polar surface area (TPSA) is 52.0 Å². The molecule has 19 heavy (non-hydrogen) atoms. The number of Topliss-reactive ketones (excluding diaryl/α,β-unsaturated/α-hetero) is 1. The van der Waals surface area contributed by atoms with Crippen LogP contribution in [0.2, 0.25) is 5.02 Å². The van der Waals surface area contributed by atoms with E-state index in [2.05, 4.69) is 4.98 Å². The lowest BCUT2D eigenvalue weighted by molar-refractivity contribution is 0.0970. The van der Waals surface area contributed by atoms with Crippen LogP contribution in [0.5, 0.6) is 0 Å². The molecule has 1 aromatic carbocycles. The number of carbonyl (C=O) groups is 1. The molecule has 1 heterocycles. The first-order valence-electron chi connectivity index (χ1n) is 5.80. The van der Waals surface area contributed by atoms with Gasteiger partial charge < -0.3 is 0 Å². The Labute approximate surface area is 115 Å². The second kappa shape index (κ2) is 5.36. The summed E-state index contributed by atoms with van der Waals surface area (Å²) in [6.07, 6.45) is 2.68. The summed E-state index contributed by atoms with van der Waals surface area (Å²) in [6, 6.07) is 5.47. The van der Waals surface area contributed by atoms with E-state index in [1.807, 2.05) is 26.0 Å². The molecule has 4 nitrogen and oxygen atoms in total. The van der Waals surface area contributed by atoms with Crippen LogP contribution < -0.4 is 5.69 Å². The van der Waals surface area contributed by atoms with E-state index in [1.165, 1.54) is 17.0 Å². The minimum absolute atomic E-state index is 0.0606. The first-order valence-corrected chi connectivity index (χ1v) is 6.17. The zero-order chi connectivity index (χ0) is 14.0. The van der Waals surface area contributed by atoms with Gasteiger partial charge in [0.25, 0.3) is 0 Å². The normalized spacial score (nSPS) is 10.5. The zero-order valence-electron chi connectivity index (χ0n) is 10.7. The summed E-state index contributed by atoms with van der Waals surface area (Å²) < 4.78 is 1.21. The lowest BCUT2D eigenvalue weighted by Crippen LogP contribution is -2.25. The molecule has 0 spiro atoms. The molecule has 0 amide bonds. The number of aromatic nitrogens is 2. The number of aryl methyl sites for hydroxylation is 2. The van der Waals surface area contributed by atoms with Gasteiger partial charge in [0, 0.05) is 11.8 Å². The third-order valence-electron chi connectivity index (χ3n) is 2.97. The third-order valence-corrected chi connectivity index (χ3v) is 3.16. The van der Waals surface area contributed by atoms with Gasteiger partial charge in [0.05, 0.1) is 17.8 Å². The maximum atomic E-state index is 12.1. The van der Waals surface area contributed by atoms with Gasteiger partial charge in [-0.05, 0) is 31.0 Å². The van der Waals surface area contributed by atoms with Gasteiger partial charge in [0.15, 0.2) is 5.78 Å². The van der Waals surface area contributed by atoms with Crippen molar-refractivity contribution in [2.75, 3.05) is 0 Å².